The topological polar surface area (TPSA) is 55.4 Å². The summed E-state index contributed by atoms with van der Waals surface area (Å²) < 4.78 is 5.33. The third-order valence-corrected chi connectivity index (χ3v) is 5.79. The molecule has 5 heteroatoms. The number of ether oxygens (including phenoxy) is 1. The Hall–Kier alpha value is -2.59. The number of halogens is 1. The second-order valence-electron chi connectivity index (χ2n) is 7.42. The van der Waals surface area contributed by atoms with Crippen LogP contribution in [0.1, 0.15) is 28.8 Å². The number of hydrogen-bond acceptors (Lipinski definition) is 3. The predicted octanol–water partition coefficient (Wildman–Crippen LogP) is 4.64. The zero-order valence-electron chi connectivity index (χ0n) is 14.8. The third kappa shape index (κ3) is 3.37. The number of anilines is 1. The van der Waals surface area contributed by atoms with Gasteiger partial charge >= 0.3 is 5.97 Å². The second kappa shape index (κ2) is 6.86. The zero-order chi connectivity index (χ0) is 19.0. The van der Waals surface area contributed by atoms with Crippen LogP contribution in [-0.4, -0.2) is 18.5 Å². The highest BCUT2D eigenvalue weighted by Gasteiger charge is 2.55. The number of allylic oxidation sites excluding steroid dienone is 1. The lowest BCUT2D eigenvalue weighted by Crippen LogP contribution is -2.31. The predicted molar refractivity (Wildman–Crippen MR) is 105 cm³/mol. The Bertz CT molecular complexity index is 904. The van der Waals surface area contributed by atoms with Crippen molar-refractivity contribution in [3.05, 3.63) is 76.8 Å². The van der Waals surface area contributed by atoms with Gasteiger partial charge in [-0.15, -0.1) is 0 Å². The van der Waals surface area contributed by atoms with Crippen LogP contribution in [-0.2, 0) is 16.0 Å². The van der Waals surface area contributed by atoms with Gasteiger partial charge in [-0.2, -0.15) is 0 Å². The molecule has 4 nitrogen and oxygen atoms in total. The summed E-state index contributed by atoms with van der Waals surface area (Å²) in [6.07, 6.45) is 2.20. The summed E-state index contributed by atoms with van der Waals surface area (Å²) in [5, 5.41) is 3.46. The number of hydrogen-bond donors (Lipinski definition) is 1. The van der Waals surface area contributed by atoms with Crippen molar-refractivity contribution in [1.82, 2.24) is 0 Å². The van der Waals surface area contributed by atoms with Gasteiger partial charge in [0.05, 0.1) is 12.0 Å². The molecule has 138 valence electrons. The largest absolute Gasteiger partial charge is 0.465 e. The molecule has 2 fully saturated rings. The number of nitrogens with one attached hydrogen (secondary N) is 1. The first kappa shape index (κ1) is 17.8. The molecule has 1 heterocycles. The number of esters is 1. The molecule has 2 aromatic rings. The lowest BCUT2D eigenvalue weighted by atomic mass is 9.75. The zero-order valence-corrected chi connectivity index (χ0v) is 15.6. The van der Waals surface area contributed by atoms with Crippen LogP contribution in [0.3, 0.4) is 0 Å². The molecule has 0 spiro atoms. The molecule has 2 unspecified atom stereocenters. The van der Waals surface area contributed by atoms with Crippen molar-refractivity contribution in [1.29, 1.82) is 0 Å². The summed E-state index contributed by atoms with van der Waals surface area (Å²) in [6.45, 7) is 4.57. The van der Waals surface area contributed by atoms with Gasteiger partial charge in [0.2, 0.25) is 0 Å². The lowest BCUT2D eigenvalue weighted by molar-refractivity contribution is -0.146. The molecule has 1 saturated carbocycles. The van der Waals surface area contributed by atoms with Crippen molar-refractivity contribution < 1.29 is 14.3 Å². The van der Waals surface area contributed by atoms with E-state index in [2.05, 4.69) is 11.9 Å². The van der Waals surface area contributed by atoms with Crippen LogP contribution < -0.4 is 5.32 Å². The minimum Gasteiger partial charge on any atom is -0.465 e. The van der Waals surface area contributed by atoms with Gasteiger partial charge in [0.1, 0.15) is 0 Å². The first-order chi connectivity index (χ1) is 13.0. The Morgan fingerprint density at radius 3 is 2.59 bits per heavy atom. The van der Waals surface area contributed by atoms with E-state index in [1.165, 1.54) is 0 Å². The van der Waals surface area contributed by atoms with Crippen LogP contribution in [0.15, 0.2) is 60.7 Å². The molecule has 2 atom stereocenters. The van der Waals surface area contributed by atoms with Gasteiger partial charge in [0.25, 0.3) is 5.91 Å². The molecule has 1 aliphatic carbocycles. The number of rotatable bonds is 4. The molecule has 2 aromatic carbocycles. The molecule has 1 aliphatic heterocycles. The molecular weight excluding hydrogens is 362 g/mol. The molecule has 1 saturated heterocycles. The fraction of sp³-hybridized carbons (Fsp3) is 0.273. The molecule has 1 N–H and O–H groups in total. The second-order valence-corrected chi connectivity index (χ2v) is 7.85. The van der Waals surface area contributed by atoms with Crippen LogP contribution in [0.4, 0.5) is 5.69 Å². The standard InChI is InChI=1S/C22H20ClNO3/c1-14-10-17-13-27-21(26)22(17,11-14)12-15-2-8-19(9-3-15)24-20(25)16-4-6-18(23)7-5-16/h2-9,17H,1,10-13H2,(H,24,25). The van der Waals surface area contributed by atoms with E-state index in [1.54, 1.807) is 24.3 Å². The Morgan fingerprint density at radius 1 is 1.19 bits per heavy atom. The number of fused-ring (bicyclic) bond motifs is 1. The van der Waals surface area contributed by atoms with Crippen molar-refractivity contribution in [2.45, 2.75) is 19.3 Å². The monoisotopic (exact) mass is 381 g/mol. The van der Waals surface area contributed by atoms with Gasteiger partial charge in [-0.3, -0.25) is 9.59 Å². The van der Waals surface area contributed by atoms with Crippen molar-refractivity contribution >= 4 is 29.2 Å². The summed E-state index contributed by atoms with van der Waals surface area (Å²) >= 11 is 5.85. The van der Waals surface area contributed by atoms with E-state index in [1.807, 2.05) is 24.3 Å². The molecule has 0 bridgehead atoms. The molecule has 0 aromatic heterocycles. The quantitative estimate of drug-likeness (QED) is 0.619. The highest BCUT2D eigenvalue weighted by Crippen LogP contribution is 2.52. The van der Waals surface area contributed by atoms with Crippen molar-refractivity contribution in [3.8, 4) is 0 Å². The van der Waals surface area contributed by atoms with E-state index in [9.17, 15) is 9.59 Å². The maximum atomic E-state index is 12.4. The molecule has 0 radical (unpaired) electrons. The minimum absolute atomic E-state index is 0.105. The molecule has 4 rings (SSSR count). The van der Waals surface area contributed by atoms with Gasteiger partial charge < -0.3 is 10.1 Å². The van der Waals surface area contributed by atoms with Crippen LogP contribution in [0.2, 0.25) is 5.02 Å². The maximum Gasteiger partial charge on any atom is 0.313 e. The van der Waals surface area contributed by atoms with E-state index >= 15 is 0 Å². The Balaban J connectivity index is 1.46. The van der Waals surface area contributed by atoms with E-state index in [0.717, 1.165) is 17.6 Å². The smallest absolute Gasteiger partial charge is 0.313 e. The molecule has 2 aliphatic rings. The van der Waals surface area contributed by atoms with E-state index in [0.29, 0.717) is 35.7 Å². The minimum atomic E-state index is -0.467. The van der Waals surface area contributed by atoms with Gasteiger partial charge in [-0.1, -0.05) is 35.9 Å². The van der Waals surface area contributed by atoms with Gasteiger partial charge in [-0.05, 0) is 61.2 Å². The summed E-state index contributed by atoms with van der Waals surface area (Å²) in [4.78, 5) is 24.7. The molecule has 27 heavy (non-hydrogen) atoms. The number of amides is 1. The van der Waals surface area contributed by atoms with Gasteiger partial charge in [0, 0.05) is 22.2 Å². The average molecular weight is 382 g/mol. The van der Waals surface area contributed by atoms with Crippen LogP contribution in [0.5, 0.6) is 0 Å². The first-order valence-electron chi connectivity index (χ1n) is 8.96. The Kier molecular flexibility index (Phi) is 4.52. The van der Waals surface area contributed by atoms with Crippen molar-refractivity contribution in [3.63, 3.8) is 0 Å². The van der Waals surface area contributed by atoms with Gasteiger partial charge in [0.15, 0.2) is 0 Å². The number of carbonyl (C=O) groups excluding carboxylic acids is 2. The van der Waals surface area contributed by atoms with E-state index in [-0.39, 0.29) is 17.8 Å². The number of carbonyl (C=O) groups is 2. The summed E-state index contributed by atoms with van der Waals surface area (Å²) in [6, 6.07) is 14.4. The normalized spacial score (nSPS) is 23.8. The maximum absolute atomic E-state index is 12.4. The highest BCUT2D eigenvalue weighted by molar-refractivity contribution is 6.30. The third-order valence-electron chi connectivity index (χ3n) is 5.54. The van der Waals surface area contributed by atoms with Crippen molar-refractivity contribution in [2.75, 3.05) is 11.9 Å². The number of cyclic esters (lactones) is 1. The number of benzene rings is 2. The fourth-order valence-electron chi connectivity index (χ4n) is 4.14. The van der Waals surface area contributed by atoms with Crippen LogP contribution in [0, 0.1) is 11.3 Å². The summed E-state index contributed by atoms with van der Waals surface area (Å²) in [5.74, 6) is -0.0717. The Morgan fingerprint density at radius 2 is 1.89 bits per heavy atom. The van der Waals surface area contributed by atoms with Crippen LogP contribution in [0.25, 0.3) is 0 Å². The van der Waals surface area contributed by atoms with Gasteiger partial charge in [-0.25, -0.2) is 0 Å². The highest BCUT2D eigenvalue weighted by atomic mass is 35.5. The van der Waals surface area contributed by atoms with E-state index in [4.69, 9.17) is 16.3 Å². The van der Waals surface area contributed by atoms with Crippen molar-refractivity contribution in [2.24, 2.45) is 11.3 Å². The SMILES string of the molecule is C=C1CC2COC(=O)C2(Cc2ccc(NC(=O)c3ccc(Cl)cc3)cc2)C1. The molecule has 1 amide bonds. The summed E-state index contributed by atoms with van der Waals surface area (Å²) in [7, 11) is 0. The molecular formula is C22H20ClNO3. The van der Waals surface area contributed by atoms with Crippen LogP contribution >= 0.6 is 11.6 Å². The van der Waals surface area contributed by atoms with E-state index < -0.39 is 5.41 Å². The average Bonchev–Trinajstić information content (AvgIpc) is 3.11. The lowest BCUT2D eigenvalue weighted by Gasteiger charge is -2.24. The Labute approximate surface area is 163 Å². The first-order valence-corrected chi connectivity index (χ1v) is 9.34. The summed E-state index contributed by atoms with van der Waals surface area (Å²) in [5.41, 5.74) is 2.97. The fourth-order valence-corrected chi connectivity index (χ4v) is 4.26.